The van der Waals surface area contributed by atoms with Gasteiger partial charge in [0.05, 0.1) is 6.61 Å². The van der Waals surface area contributed by atoms with E-state index in [2.05, 4.69) is 4.74 Å². The molecule has 0 unspecified atom stereocenters. The molecule has 0 heterocycles. The van der Waals surface area contributed by atoms with E-state index in [1.807, 2.05) is 0 Å². The first-order chi connectivity index (χ1) is 9.49. The number of hydrogen-bond donors (Lipinski definition) is 1. The second-order valence-electron chi connectivity index (χ2n) is 3.91. The van der Waals surface area contributed by atoms with E-state index >= 15 is 0 Å². The maximum atomic E-state index is 12.5. The lowest BCUT2D eigenvalue weighted by molar-refractivity contribution is -0.377. The monoisotopic (exact) mass is 315 g/mol. The number of alkyl halides is 6. The van der Waals surface area contributed by atoms with E-state index in [1.165, 1.54) is 24.3 Å². The van der Waals surface area contributed by atoms with Crippen LogP contribution in [0.1, 0.15) is 12.5 Å². The summed E-state index contributed by atoms with van der Waals surface area (Å²) in [5, 5.41) is 5.40. The van der Waals surface area contributed by atoms with Crippen molar-refractivity contribution in [1.82, 2.24) is 0 Å². The molecule has 1 aromatic rings. The lowest BCUT2D eigenvalue weighted by Crippen LogP contribution is -2.56. The number of isocyanates is 1. The first-order valence-corrected chi connectivity index (χ1v) is 5.35. The molecule has 0 fully saturated rings. The molecule has 9 heteroatoms. The van der Waals surface area contributed by atoms with Crippen LogP contribution >= 0.6 is 0 Å². The molecule has 0 atom stereocenters. The molecule has 0 aliphatic heterocycles. The predicted molar refractivity (Wildman–Crippen MR) is 60.2 cm³/mol. The molecule has 118 valence electrons. The quantitative estimate of drug-likeness (QED) is 0.521. The van der Waals surface area contributed by atoms with Crippen LogP contribution in [0, 0.1) is 5.41 Å². The van der Waals surface area contributed by atoms with Crippen LogP contribution in [0.25, 0.3) is 0 Å². The van der Waals surface area contributed by atoms with E-state index in [9.17, 15) is 26.3 Å². The highest BCUT2D eigenvalue weighted by Crippen LogP contribution is 2.45. The molecule has 0 aliphatic rings. The number of carbonyl (C=O) groups excluding carboxylic acids is 1. The van der Waals surface area contributed by atoms with Crippen molar-refractivity contribution in [1.29, 1.82) is 5.41 Å². The van der Waals surface area contributed by atoms with Gasteiger partial charge in [0.15, 0.2) is 0 Å². The van der Waals surface area contributed by atoms with Gasteiger partial charge in [-0.1, -0.05) is 30.3 Å². The van der Waals surface area contributed by atoms with Gasteiger partial charge in [-0.2, -0.15) is 26.3 Å². The van der Waals surface area contributed by atoms with Crippen molar-refractivity contribution in [3.05, 3.63) is 35.9 Å². The Bertz CT molecular complexity index is 449. The third-order valence-electron chi connectivity index (χ3n) is 2.45. The van der Waals surface area contributed by atoms with Crippen LogP contribution in [0.2, 0.25) is 0 Å². The largest absolute Gasteiger partial charge is 0.426 e. The summed E-state index contributed by atoms with van der Waals surface area (Å²) in [6.07, 6.45) is -10.3. The van der Waals surface area contributed by atoms with Crippen LogP contribution in [0.5, 0.6) is 0 Å². The summed E-state index contributed by atoms with van der Waals surface area (Å²) in [6.45, 7) is -0.785. The molecule has 21 heavy (non-hydrogen) atoms. The van der Waals surface area contributed by atoms with Crippen molar-refractivity contribution in [3.63, 3.8) is 0 Å². The molecule has 1 aromatic carbocycles. The maximum absolute atomic E-state index is 12.5. The number of nitrogens with one attached hydrogen (secondary N) is 1. The smallest absolute Gasteiger partial charge is 0.353 e. The van der Waals surface area contributed by atoms with Gasteiger partial charge in [-0.25, -0.2) is 10.2 Å². The van der Waals surface area contributed by atoms with Gasteiger partial charge in [-0.05, 0) is 12.5 Å². The zero-order chi connectivity index (χ0) is 16.7. The van der Waals surface area contributed by atoms with E-state index in [0.717, 1.165) is 6.08 Å². The molecule has 0 aliphatic carbocycles. The van der Waals surface area contributed by atoms with Crippen molar-refractivity contribution in [3.8, 4) is 0 Å². The van der Waals surface area contributed by atoms with Gasteiger partial charge in [-0.15, -0.1) is 0 Å². The van der Waals surface area contributed by atoms with Gasteiger partial charge >= 0.3 is 12.4 Å². The SMILES string of the molecule is CC(OCc1ccccc1)(C(F)(F)F)C(F)(F)F.N=C=O. The fourth-order valence-corrected chi connectivity index (χ4v) is 1.13. The van der Waals surface area contributed by atoms with Gasteiger partial charge in [0.1, 0.15) is 0 Å². The molecule has 0 saturated carbocycles. The summed E-state index contributed by atoms with van der Waals surface area (Å²) in [7, 11) is 0. The van der Waals surface area contributed by atoms with Crippen LogP contribution in [-0.4, -0.2) is 24.0 Å². The normalized spacial score (nSPS) is 12.1. The Morgan fingerprint density at radius 2 is 1.43 bits per heavy atom. The lowest BCUT2D eigenvalue weighted by atomic mass is 10.1. The number of halogens is 6. The average molecular weight is 315 g/mol. The third kappa shape index (κ3) is 5.20. The van der Waals surface area contributed by atoms with Gasteiger partial charge < -0.3 is 4.74 Å². The summed E-state index contributed by atoms with van der Waals surface area (Å²) < 4.78 is 78.8. The van der Waals surface area contributed by atoms with Gasteiger partial charge in [0.25, 0.3) is 5.60 Å². The standard InChI is InChI=1S/C11H10F6O.CHNO/c1-9(10(12,13)14,11(15,16)17)18-7-8-5-3-2-4-6-8;2-1-3/h2-6H,7H2,1H3;2H. The Morgan fingerprint density at radius 1 is 1.05 bits per heavy atom. The lowest BCUT2D eigenvalue weighted by Gasteiger charge is -2.33. The fraction of sp³-hybridized carbons (Fsp3) is 0.417. The molecule has 3 nitrogen and oxygen atoms in total. The van der Waals surface area contributed by atoms with Crippen molar-refractivity contribution >= 4 is 6.08 Å². The molecule has 1 N–H and O–H groups in total. The van der Waals surface area contributed by atoms with E-state index in [0.29, 0.717) is 0 Å². The van der Waals surface area contributed by atoms with Crippen LogP contribution in [-0.2, 0) is 16.1 Å². The minimum absolute atomic E-state index is 0.0179. The molecular formula is C12H11F6NO2. The van der Waals surface area contributed by atoms with Crippen LogP contribution in [0.15, 0.2) is 30.3 Å². The van der Waals surface area contributed by atoms with Crippen molar-refractivity contribution < 1.29 is 35.9 Å². The van der Waals surface area contributed by atoms with E-state index in [4.69, 9.17) is 10.2 Å². The van der Waals surface area contributed by atoms with E-state index < -0.39 is 24.6 Å². The van der Waals surface area contributed by atoms with E-state index in [-0.39, 0.29) is 12.5 Å². The zero-order valence-corrected chi connectivity index (χ0v) is 10.7. The molecule has 0 aromatic heterocycles. The summed E-state index contributed by atoms with van der Waals surface area (Å²) in [4.78, 5) is 8.35. The highest BCUT2D eigenvalue weighted by Gasteiger charge is 2.69. The molecule has 0 bridgehead atoms. The molecule has 0 saturated heterocycles. The highest BCUT2D eigenvalue weighted by atomic mass is 19.4. The van der Waals surface area contributed by atoms with Gasteiger partial charge in [0.2, 0.25) is 6.08 Å². The Balaban J connectivity index is 0.00000122. The Labute approximate surface area is 116 Å². The molecule has 0 spiro atoms. The van der Waals surface area contributed by atoms with Gasteiger partial charge in [-0.3, -0.25) is 0 Å². The second-order valence-corrected chi connectivity index (χ2v) is 3.91. The Morgan fingerprint density at radius 3 is 1.76 bits per heavy atom. The van der Waals surface area contributed by atoms with Crippen molar-refractivity contribution in [2.45, 2.75) is 31.5 Å². The Kier molecular flexibility index (Phi) is 6.59. The van der Waals surface area contributed by atoms with Crippen LogP contribution < -0.4 is 0 Å². The van der Waals surface area contributed by atoms with Crippen molar-refractivity contribution in [2.75, 3.05) is 0 Å². The number of ether oxygens (including phenoxy) is 1. The first-order valence-electron chi connectivity index (χ1n) is 5.35. The summed E-state index contributed by atoms with van der Waals surface area (Å²) >= 11 is 0. The minimum atomic E-state index is -5.53. The van der Waals surface area contributed by atoms with Crippen molar-refractivity contribution in [2.24, 2.45) is 0 Å². The molecular weight excluding hydrogens is 304 g/mol. The average Bonchev–Trinajstić information content (AvgIpc) is 2.35. The Hall–Kier alpha value is -1.86. The zero-order valence-electron chi connectivity index (χ0n) is 10.7. The first kappa shape index (κ1) is 19.1. The van der Waals surface area contributed by atoms with E-state index in [1.54, 1.807) is 6.07 Å². The third-order valence-corrected chi connectivity index (χ3v) is 2.45. The van der Waals surface area contributed by atoms with Crippen LogP contribution in [0.4, 0.5) is 26.3 Å². The molecule has 1 rings (SSSR count). The number of hydrogen-bond acceptors (Lipinski definition) is 3. The topological polar surface area (TPSA) is 50.1 Å². The summed E-state index contributed by atoms with van der Waals surface area (Å²) in [6, 6.07) is 7.35. The summed E-state index contributed by atoms with van der Waals surface area (Å²) in [5.41, 5.74) is -3.94. The second kappa shape index (κ2) is 7.24. The molecule has 0 amide bonds. The van der Waals surface area contributed by atoms with Crippen LogP contribution in [0.3, 0.4) is 0 Å². The maximum Gasteiger partial charge on any atom is 0.426 e. The highest BCUT2D eigenvalue weighted by molar-refractivity contribution is 5.26. The van der Waals surface area contributed by atoms with Gasteiger partial charge in [0, 0.05) is 0 Å². The summed E-state index contributed by atoms with van der Waals surface area (Å²) in [5.74, 6) is 0. The number of benzene rings is 1. The number of rotatable bonds is 3. The fourth-order valence-electron chi connectivity index (χ4n) is 1.13. The molecule has 0 radical (unpaired) electrons. The minimum Gasteiger partial charge on any atom is -0.353 e. The predicted octanol–water partition coefficient (Wildman–Crippen LogP) is 3.99.